The fraction of sp³-hybridized carbons (Fsp3) is 0.368. The van der Waals surface area contributed by atoms with Crippen molar-refractivity contribution in [3.05, 3.63) is 42.5 Å². The van der Waals surface area contributed by atoms with E-state index < -0.39 is 0 Å². The summed E-state index contributed by atoms with van der Waals surface area (Å²) < 4.78 is 1.82. The van der Waals surface area contributed by atoms with Crippen molar-refractivity contribution >= 4 is 22.8 Å². The molecule has 3 aromatic heterocycles. The molecule has 27 heavy (non-hydrogen) atoms. The van der Waals surface area contributed by atoms with E-state index >= 15 is 0 Å². The van der Waals surface area contributed by atoms with Crippen molar-refractivity contribution in [2.75, 3.05) is 25.0 Å². The lowest BCUT2D eigenvalue weighted by atomic mass is 10.3. The van der Waals surface area contributed by atoms with Crippen LogP contribution in [0.3, 0.4) is 0 Å². The minimum atomic E-state index is -0.220. The molecule has 140 valence electrons. The predicted molar refractivity (Wildman–Crippen MR) is 104 cm³/mol. The van der Waals surface area contributed by atoms with Gasteiger partial charge in [0.1, 0.15) is 5.82 Å². The molecule has 2 amide bonds. The fourth-order valence-corrected chi connectivity index (χ4v) is 3.44. The fourth-order valence-electron chi connectivity index (χ4n) is 3.44. The smallest absolute Gasteiger partial charge is 0.320 e. The Morgan fingerprint density at radius 3 is 2.96 bits per heavy atom. The van der Waals surface area contributed by atoms with Crippen molar-refractivity contribution in [2.45, 2.75) is 26.3 Å². The number of fused-ring (bicyclic) bond motifs is 1. The number of hydrogen-bond acceptors (Lipinski definition) is 5. The number of pyridine rings is 2. The van der Waals surface area contributed by atoms with E-state index in [0.29, 0.717) is 5.82 Å². The lowest BCUT2D eigenvalue weighted by Gasteiger charge is -2.15. The van der Waals surface area contributed by atoms with Crippen LogP contribution < -0.4 is 10.6 Å². The van der Waals surface area contributed by atoms with Crippen molar-refractivity contribution in [2.24, 2.45) is 0 Å². The first kappa shape index (κ1) is 17.4. The van der Waals surface area contributed by atoms with Crippen LogP contribution in [0.4, 0.5) is 10.6 Å². The average molecular weight is 365 g/mol. The van der Waals surface area contributed by atoms with Crippen LogP contribution in [0.1, 0.15) is 19.0 Å². The van der Waals surface area contributed by atoms with Crippen LogP contribution in [0, 0.1) is 6.92 Å². The zero-order valence-corrected chi connectivity index (χ0v) is 15.5. The first-order valence-corrected chi connectivity index (χ1v) is 9.19. The molecule has 3 aromatic rings. The largest absolute Gasteiger partial charge is 0.334 e. The first-order valence-electron chi connectivity index (χ1n) is 9.19. The molecule has 4 rings (SSSR count). The molecule has 1 aliphatic heterocycles. The van der Waals surface area contributed by atoms with Crippen LogP contribution in [0.2, 0.25) is 0 Å². The highest BCUT2D eigenvalue weighted by Crippen LogP contribution is 2.20. The summed E-state index contributed by atoms with van der Waals surface area (Å²) in [6.45, 7) is 7.01. The highest BCUT2D eigenvalue weighted by atomic mass is 16.2. The molecule has 0 spiro atoms. The van der Waals surface area contributed by atoms with Gasteiger partial charge in [-0.3, -0.25) is 10.3 Å². The molecule has 8 nitrogen and oxygen atoms in total. The minimum Gasteiger partial charge on any atom is -0.334 e. The summed E-state index contributed by atoms with van der Waals surface area (Å²) in [6.07, 6.45) is 6.23. The topological polar surface area (TPSA) is 88.0 Å². The molecule has 0 saturated carbocycles. The van der Waals surface area contributed by atoms with E-state index in [0.717, 1.165) is 48.3 Å². The molecule has 0 bridgehead atoms. The summed E-state index contributed by atoms with van der Waals surface area (Å²) in [5, 5.41) is 11.2. The van der Waals surface area contributed by atoms with E-state index in [-0.39, 0.29) is 12.1 Å². The lowest BCUT2D eigenvalue weighted by Crippen LogP contribution is -2.39. The number of nitrogens with one attached hydrogen (secondary N) is 2. The Labute approximate surface area is 157 Å². The summed E-state index contributed by atoms with van der Waals surface area (Å²) >= 11 is 0. The van der Waals surface area contributed by atoms with Gasteiger partial charge in [0.2, 0.25) is 0 Å². The molecule has 1 atom stereocenters. The van der Waals surface area contributed by atoms with E-state index in [1.807, 2.05) is 29.8 Å². The van der Waals surface area contributed by atoms with E-state index in [9.17, 15) is 4.79 Å². The Morgan fingerprint density at radius 2 is 2.19 bits per heavy atom. The average Bonchev–Trinajstić information content (AvgIpc) is 3.28. The summed E-state index contributed by atoms with van der Waals surface area (Å²) in [4.78, 5) is 23.2. The van der Waals surface area contributed by atoms with Crippen LogP contribution in [-0.4, -0.2) is 56.4 Å². The van der Waals surface area contributed by atoms with Gasteiger partial charge < -0.3 is 10.2 Å². The molecule has 1 saturated heterocycles. The Morgan fingerprint density at radius 1 is 1.30 bits per heavy atom. The van der Waals surface area contributed by atoms with Crippen molar-refractivity contribution < 1.29 is 4.79 Å². The van der Waals surface area contributed by atoms with E-state index in [1.54, 1.807) is 18.6 Å². The van der Waals surface area contributed by atoms with Gasteiger partial charge in [0, 0.05) is 36.4 Å². The van der Waals surface area contributed by atoms with Gasteiger partial charge in [-0.2, -0.15) is 5.10 Å². The molecule has 1 fully saturated rings. The number of likely N-dealkylation sites (N-methyl/N-ethyl adjacent to an activating group) is 1. The number of amides is 2. The van der Waals surface area contributed by atoms with Gasteiger partial charge in [0.15, 0.2) is 0 Å². The second-order valence-corrected chi connectivity index (χ2v) is 6.82. The monoisotopic (exact) mass is 365 g/mol. The second-order valence-electron chi connectivity index (χ2n) is 6.82. The maximum atomic E-state index is 12.3. The number of likely N-dealkylation sites (tertiary alicyclic amines) is 1. The number of carbonyl (C=O) groups excluding carboxylic acids is 1. The maximum Gasteiger partial charge on any atom is 0.320 e. The standard InChI is InChI=1S/C19H23N7O/c1-3-25-7-5-15(12-25)23-19(27)24-18-9-14-10-22-26(17(14)11-21-18)16-4-6-20-13(2)8-16/h4,6,8-11,15H,3,5,7,12H2,1-2H3,(H2,21,23,24,27)/t15-/m1/s1. The molecule has 0 radical (unpaired) electrons. The first-order chi connectivity index (χ1) is 13.1. The maximum absolute atomic E-state index is 12.3. The summed E-state index contributed by atoms with van der Waals surface area (Å²) in [6, 6.07) is 5.67. The number of urea groups is 1. The molecule has 1 aliphatic rings. The second kappa shape index (κ2) is 7.32. The highest BCUT2D eigenvalue weighted by Gasteiger charge is 2.22. The molecule has 0 unspecified atom stereocenters. The highest BCUT2D eigenvalue weighted by molar-refractivity contribution is 5.91. The third kappa shape index (κ3) is 3.75. The van der Waals surface area contributed by atoms with Crippen LogP contribution in [0.25, 0.3) is 16.6 Å². The number of hydrogen-bond donors (Lipinski definition) is 2. The van der Waals surface area contributed by atoms with E-state index in [2.05, 4.69) is 37.5 Å². The number of rotatable bonds is 4. The van der Waals surface area contributed by atoms with Crippen LogP contribution in [0.15, 0.2) is 36.8 Å². The number of aromatic nitrogens is 4. The van der Waals surface area contributed by atoms with Gasteiger partial charge in [-0.05, 0) is 38.1 Å². The van der Waals surface area contributed by atoms with Crippen molar-refractivity contribution in [3.63, 3.8) is 0 Å². The van der Waals surface area contributed by atoms with Gasteiger partial charge in [-0.25, -0.2) is 14.5 Å². The van der Waals surface area contributed by atoms with Crippen LogP contribution in [0.5, 0.6) is 0 Å². The predicted octanol–water partition coefficient (Wildman–Crippen LogP) is 2.34. The Bertz CT molecular complexity index is 968. The SMILES string of the molecule is CCN1CC[C@@H](NC(=O)Nc2cc3cnn(-c4ccnc(C)c4)c3cn2)C1. The van der Waals surface area contributed by atoms with E-state index in [4.69, 9.17) is 0 Å². The molecular weight excluding hydrogens is 342 g/mol. The van der Waals surface area contributed by atoms with Gasteiger partial charge in [0.25, 0.3) is 0 Å². The molecule has 2 N–H and O–H groups in total. The number of anilines is 1. The number of aryl methyl sites for hydroxylation is 1. The third-order valence-corrected chi connectivity index (χ3v) is 4.88. The zero-order chi connectivity index (χ0) is 18.8. The molecule has 0 aromatic carbocycles. The van der Waals surface area contributed by atoms with E-state index in [1.165, 1.54) is 0 Å². The molecule has 8 heteroatoms. The molecule has 0 aliphatic carbocycles. The Balaban J connectivity index is 1.47. The van der Waals surface area contributed by atoms with Gasteiger partial charge in [-0.1, -0.05) is 6.92 Å². The third-order valence-electron chi connectivity index (χ3n) is 4.88. The lowest BCUT2D eigenvalue weighted by molar-refractivity contribution is 0.248. The summed E-state index contributed by atoms with van der Waals surface area (Å²) in [5.41, 5.74) is 2.73. The summed E-state index contributed by atoms with van der Waals surface area (Å²) in [5.74, 6) is 0.510. The number of carbonyl (C=O) groups is 1. The van der Waals surface area contributed by atoms with Crippen molar-refractivity contribution in [1.29, 1.82) is 0 Å². The van der Waals surface area contributed by atoms with Crippen LogP contribution >= 0.6 is 0 Å². The van der Waals surface area contributed by atoms with Crippen LogP contribution in [-0.2, 0) is 0 Å². The quantitative estimate of drug-likeness (QED) is 0.741. The van der Waals surface area contributed by atoms with Gasteiger partial charge in [0.05, 0.1) is 23.6 Å². The van der Waals surface area contributed by atoms with Gasteiger partial charge >= 0.3 is 6.03 Å². The normalized spacial score (nSPS) is 17.3. The zero-order valence-electron chi connectivity index (χ0n) is 15.5. The van der Waals surface area contributed by atoms with Gasteiger partial charge in [-0.15, -0.1) is 0 Å². The van der Waals surface area contributed by atoms with Crippen molar-refractivity contribution in [3.8, 4) is 5.69 Å². The summed E-state index contributed by atoms with van der Waals surface area (Å²) in [7, 11) is 0. The molecular formula is C19H23N7O. The van der Waals surface area contributed by atoms with Crippen molar-refractivity contribution in [1.82, 2.24) is 30.0 Å². The Kier molecular flexibility index (Phi) is 4.72. The Hall–Kier alpha value is -3.00. The minimum absolute atomic E-state index is 0.186. The number of nitrogens with zero attached hydrogens (tertiary/aromatic N) is 5. The molecule has 4 heterocycles.